The summed E-state index contributed by atoms with van der Waals surface area (Å²) >= 11 is 0. The third kappa shape index (κ3) is 2.05. The van der Waals surface area contributed by atoms with E-state index in [0.717, 1.165) is 25.0 Å². The fourth-order valence-corrected chi connectivity index (χ4v) is 2.62. The molecule has 3 rings (SSSR count). The van der Waals surface area contributed by atoms with Crippen LogP contribution in [0.5, 0.6) is 5.75 Å². The molecule has 1 fully saturated rings. The maximum Gasteiger partial charge on any atom is 0.416 e. The molecule has 0 unspecified atom stereocenters. The second-order valence-electron chi connectivity index (χ2n) is 4.81. The molecule has 2 heterocycles. The molecular formula is C13H12F3NO2. The van der Waals surface area contributed by atoms with Crippen LogP contribution in [0.15, 0.2) is 18.2 Å². The second kappa shape index (κ2) is 4.15. The summed E-state index contributed by atoms with van der Waals surface area (Å²) < 4.78 is 43.5. The topological polar surface area (TPSA) is 29.5 Å². The van der Waals surface area contributed by atoms with Gasteiger partial charge in [-0.1, -0.05) is 0 Å². The third-order valence-corrected chi connectivity index (χ3v) is 3.61. The van der Waals surface area contributed by atoms with Gasteiger partial charge in [-0.2, -0.15) is 13.2 Å². The summed E-state index contributed by atoms with van der Waals surface area (Å²) in [7, 11) is 0. The molecule has 0 N–H and O–H groups in total. The lowest BCUT2D eigenvalue weighted by Crippen LogP contribution is -2.36. The summed E-state index contributed by atoms with van der Waals surface area (Å²) in [6.45, 7) is 0.937. The Labute approximate surface area is 108 Å². The summed E-state index contributed by atoms with van der Waals surface area (Å²) in [4.78, 5) is 13.9. The number of ether oxygens (including phenoxy) is 1. The first-order valence-electron chi connectivity index (χ1n) is 6.12. The SMILES string of the molecule is O=C1c2cc(C(F)(F)F)ccc2OC[C@@H]2CCCN12. The first-order valence-corrected chi connectivity index (χ1v) is 6.12. The predicted molar refractivity (Wildman–Crippen MR) is 61.0 cm³/mol. The Morgan fingerprint density at radius 1 is 1.32 bits per heavy atom. The standard InChI is InChI=1S/C13H12F3NO2/c14-13(15,16)8-3-4-11-10(6-8)12(18)17-5-1-2-9(17)7-19-11/h3-4,6,9H,1-2,5,7H2/t9-/m0/s1. The van der Waals surface area contributed by atoms with Crippen LogP contribution in [-0.2, 0) is 6.18 Å². The summed E-state index contributed by atoms with van der Waals surface area (Å²) in [6, 6.07) is 3.05. The van der Waals surface area contributed by atoms with E-state index in [1.807, 2.05) is 0 Å². The zero-order valence-electron chi connectivity index (χ0n) is 10.0. The Balaban J connectivity index is 2.04. The quantitative estimate of drug-likeness (QED) is 0.726. The van der Waals surface area contributed by atoms with Crippen LogP contribution in [0, 0.1) is 0 Å². The molecule has 0 bridgehead atoms. The number of alkyl halides is 3. The van der Waals surface area contributed by atoms with Crippen molar-refractivity contribution in [2.24, 2.45) is 0 Å². The van der Waals surface area contributed by atoms with Gasteiger partial charge in [0.1, 0.15) is 12.4 Å². The molecule has 3 nitrogen and oxygen atoms in total. The number of benzene rings is 1. The number of rotatable bonds is 0. The molecule has 1 aromatic carbocycles. The van der Waals surface area contributed by atoms with E-state index in [4.69, 9.17) is 4.74 Å². The Hall–Kier alpha value is -1.72. The van der Waals surface area contributed by atoms with Gasteiger partial charge in [-0.15, -0.1) is 0 Å². The van der Waals surface area contributed by atoms with E-state index in [1.54, 1.807) is 4.90 Å². The molecule has 0 aliphatic carbocycles. The van der Waals surface area contributed by atoms with Crippen molar-refractivity contribution in [1.29, 1.82) is 0 Å². The largest absolute Gasteiger partial charge is 0.491 e. The predicted octanol–water partition coefficient (Wildman–Crippen LogP) is 2.70. The van der Waals surface area contributed by atoms with E-state index in [0.29, 0.717) is 13.2 Å². The zero-order valence-corrected chi connectivity index (χ0v) is 10.0. The van der Waals surface area contributed by atoms with Crippen LogP contribution < -0.4 is 4.74 Å². The zero-order chi connectivity index (χ0) is 13.6. The molecule has 102 valence electrons. The molecule has 0 radical (unpaired) electrons. The molecule has 1 atom stereocenters. The summed E-state index contributed by atoms with van der Waals surface area (Å²) in [5, 5.41) is 0. The van der Waals surface area contributed by atoms with Gasteiger partial charge >= 0.3 is 6.18 Å². The molecule has 1 aromatic rings. The molecule has 0 aromatic heterocycles. The van der Waals surface area contributed by atoms with E-state index in [-0.39, 0.29) is 23.3 Å². The fraction of sp³-hybridized carbons (Fsp3) is 0.462. The van der Waals surface area contributed by atoms with Crippen LogP contribution in [0.1, 0.15) is 28.8 Å². The monoisotopic (exact) mass is 271 g/mol. The molecule has 1 amide bonds. The lowest BCUT2D eigenvalue weighted by molar-refractivity contribution is -0.137. The van der Waals surface area contributed by atoms with Crippen molar-refractivity contribution >= 4 is 5.91 Å². The smallest absolute Gasteiger partial charge is 0.416 e. The average molecular weight is 271 g/mol. The summed E-state index contributed by atoms with van der Waals surface area (Å²) in [6.07, 6.45) is -2.74. The van der Waals surface area contributed by atoms with Gasteiger partial charge in [0, 0.05) is 6.54 Å². The van der Waals surface area contributed by atoms with E-state index < -0.39 is 11.7 Å². The van der Waals surface area contributed by atoms with Gasteiger partial charge in [0.2, 0.25) is 0 Å². The third-order valence-electron chi connectivity index (χ3n) is 3.61. The summed E-state index contributed by atoms with van der Waals surface area (Å²) in [5.74, 6) is -0.117. The number of amides is 1. The number of carbonyl (C=O) groups is 1. The highest BCUT2D eigenvalue weighted by atomic mass is 19.4. The Kier molecular flexibility index (Phi) is 2.69. The normalized spacial score (nSPS) is 22.6. The average Bonchev–Trinajstić information content (AvgIpc) is 2.78. The molecule has 6 heteroatoms. The number of hydrogen-bond acceptors (Lipinski definition) is 2. The molecule has 2 aliphatic rings. The van der Waals surface area contributed by atoms with Crippen molar-refractivity contribution in [3.05, 3.63) is 29.3 Å². The van der Waals surface area contributed by atoms with Crippen molar-refractivity contribution in [3.63, 3.8) is 0 Å². The first kappa shape index (κ1) is 12.3. The number of fused-ring (bicyclic) bond motifs is 2. The van der Waals surface area contributed by atoms with Crippen LogP contribution in [0.2, 0.25) is 0 Å². The van der Waals surface area contributed by atoms with Crippen molar-refractivity contribution in [2.45, 2.75) is 25.1 Å². The van der Waals surface area contributed by atoms with E-state index in [1.165, 1.54) is 6.07 Å². The minimum atomic E-state index is -4.45. The van der Waals surface area contributed by atoms with Crippen molar-refractivity contribution < 1.29 is 22.7 Å². The van der Waals surface area contributed by atoms with Crippen LogP contribution in [0.25, 0.3) is 0 Å². The Morgan fingerprint density at radius 2 is 2.11 bits per heavy atom. The number of hydrogen-bond donors (Lipinski definition) is 0. The molecule has 0 spiro atoms. The number of carbonyl (C=O) groups excluding carboxylic acids is 1. The number of halogens is 3. The van der Waals surface area contributed by atoms with Gasteiger partial charge < -0.3 is 9.64 Å². The second-order valence-corrected chi connectivity index (χ2v) is 4.81. The van der Waals surface area contributed by atoms with E-state index >= 15 is 0 Å². The van der Waals surface area contributed by atoms with Crippen LogP contribution in [-0.4, -0.2) is 30.0 Å². The van der Waals surface area contributed by atoms with Gasteiger partial charge in [0.05, 0.1) is 17.2 Å². The molecule has 1 saturated heterocycles. The van der Waals surface area contributed by atoms with E-state index in [9.17, 15) is 18.0 Å². The van der Waals surface area contributed by atoms with Gasteiger partial charge in [-0.3, -0.25) is 4.79 Å². The van der Waals surface area contributed by atoms with Crippen molar-refractivity contribution in [2.75, 3.05) is 13.2 Å². The highest BCUT2D eigenvalue weighted by Gasteiger charge is 2.37. The Morgan fingerprint density at radius 3 is 2.84 bits per heavy atom. The molecule has 0 saturated carbocycles. The van der Waals surface area contributed by atoms with Gasteiger partial charge in [0.25, 0.3) is 5.91 Å². The van der Waals surface area contributed by atoms with Crippen LogP contribution in [0.4, 0.5) is 13.2 Å². The van der Waals surface area contributed by atoms with Gasteiger partial charge in [0.15, 0.2) is 0 Å². The van der Waals surface area contributed by atoms with Crippen LogP contribution >= 0.6 is 0 Å². The van der Waals surface area contributed by atoms with Gasteiger partial charge in [-0.05, 0) is 31.0 Å². The minimum Gasteiger partial charge on any atom is -0.491 e. The first-order chi connectivity index (χ1) is 8.97. The highest BCUT2D eigenvalue weighted by molar-refractivity contribution is 5.97. The molecular weight excluding hydrogens is 259 g/mol. The van der Waals surface area contributed by atoms with Crippen molar-refractivity contribution in [1.82, 2.24) is 4.90 Å². The van der Waals surface area contributed by atoms with Gasteiger partial charge in [-0.25, -0.2) is 0 Å². The fourth-order valence-electron chi connectivity index (χ4n) is 2.62. The number of nitrogens with zero attached hydrogens (tertiary/aromatic N) is 1. The minimum absolute atomic E-state index is 0.0132. The molecule has 2 aliphatic heterocycles. The van der Waals surface area contributed by atoms with E-state index in [2.05, 4.69) is 0 Å². The maximum atomic E-state index is 12.7. The lowest BCUT2D eigenvalue weighted by atomic mass is 10.1. The van der Waals surface area contributed by atoms with Crippen molar-refractivity contribution in [3.8, 4) is 5.75 Å². The highest BCUT2D eigenvalue weighted by Crippen LogP contribution is 2.35. The Bertz CT molecular complexity index is 527. The maximum absolute atomic E-state index is 12.7. The summed E-state index contributed by atoms with van der Waals surface area (Å²) in [5.41, 5.74) is -0.805. The lowest BCUT2D eigenvalue weighted by Gasteiger charge is -2.20. The molecule has 19 heavy (non-hydrogen) atoms. The van der Waals surface area contributed by atoms with Crippen LogP contribution in [0.3, 0.4) is 0 Å².